The van der Waals surface area contributed by atoms with Gasteiger partial charge in [0.15, 0.2) is 0 Å². The fourth-order valence-electron chi connectivity index (χ4n) is 2.99. The number of hydrogen-bond acceptors (Lipinski definition) is 2. The van der Waals surface area contributed by atoms with Gasteiger partial charge in [0.2, 0.25) is 0 Å². The van der Waals surface area contributed by atoms with Crippen molar-refractivity contribution in [2.24, 2.45) is 11.8 Å². The molecule has 0 radical (unpaired) electrons. The normalized spacial score (nSPS) is 19.3. The van der Waals surface area contributed by atoms with Crippen molar-refractivity contribution in [3.63, 3.8) is 0 Å². The Morgan fingerprint density at radius 3 is 2.65 bits per heavy atom. The Labute approximate surface area is 136 Å². The molecule has 23 heavy (non-hydrogen) atoms. The summed E-state index contributed by atoms with van der Waals surface area (Å²) in [5.41, 5.74) is 3.65. The molecule has 1 fully saturated rings. The molecule has 120 valence electrons. The van der Waals surface area contributed by atoms with Crippen LogP contribution in [0.4, 0.5) is 0 Å². The molecular weight excluding hydrogens is 288 g/mol. The van der Waals surface area contributed by atoms with Crippen molar-refractivity contribution in [1.29, 1.82) is 0 Å². The zero-order chi connectivity index (χ0) is 16.2. The molecule has 0 bridgehead atoms. The lowest BCUT2D eigenvalue weighted by atomic mass is 10.0. The number of aliphatic carboxylic acids is 1. The number of ether oxygens (including phenoxy) is 1. The first-order valence-corrected chi connectivity index (χ1v) is 8.12. The van der Waals surface area contributed by atoms with Crippen LogP contribution in [-0.4, -0.2) is 11.1 Å². The van der Waals surface area contributed by atoms with Gasteiger partial charge in [-0.25, -0.2) is 0 Å². The van der Waals surface area contributed by atoms with Gasteiger partial charge < -0.3 is 9.84 Å². The van der Waals surface area contributed by atoms with E-state index in [1.807, 2.05) is 24.3 Å². The second kappa shape index (κ2) is 6.86. The molecule has 0 aromatic heterocycles. The number of carboxylic acids is 1. The largest absolute Gasteiger partial charge is 0.489 e. The van der Waals surface area contributed by atoms with E-state index in [-0.39, 0.29) is 5.92 Å². The van der Waals surface area contributed by atoms with Gasteiger partial charge in [-0.2, -0.15) is 0 Å². The molecule has 0 aliphatic heterocycles. The van der Waals surface area contributed by atoms with Crippen LogP contribution in [0.5, 0.6) is 5.75 Å². The first kappa shape index (κ1) is 15.6. The molecule has 1 aliphatic carbocycles. The highest BCUT2D eigenvalue weighted by molar-refractivity contribution is 5.73. The molecule has 0 spiro atoms. The lowest BCUT2D eigenvalue weighted by Crippen LogP contribution is -2.01. The summed E-state index contributed by atoms with van der Waals surface area (Å²) in [6.07, 6.45) is 2.74. The van der Waals surface area contributed by atoms with Crippen LogP contribution in [0.1, 0.15) is 29.5 Å². The Bertz CT molecular complexity index is 679. The van der Waals surface area contributed by atoms with E-state index in [0.717, 1.165) is 30.6 Å². The van der Waals surface area contributed by atoms with Gasteiger partial charge in [-0.3, -0.25) is 4.79 Å². The molecule has 1 saturated carbocycles. The van der Waals surface area contributed by atoms with E-state index < -0.39 is 5.97 Å². The summed E-state index contributed by atoms with van der Waals surface area (Å²) < 4.78 is 5.84. The number of benzene rings is 2. The molecule has 3 nitrogen and oxygen atoms in total. The summed E-state index contributed by atoms with van der Waals surface area (Å²) in [7, 11) is 0. The minimum Gasteiger partial charge on any atom is -0.489 e. The maximum Gasteiger partial charge on any atom is 0.306 e. The highest BCUT2D eigenvalue weighted by Gasteiger charge is 2.42. The van der Waals surface area contributed by atoms with Crippen LogP contribution in [0.2, 0.25) is 0 Å². The van der Waals surface area contributed by atoms with Crippen LogP contribution < -0.4 is 4.74 Å². The molecule has 1 aliphatic rings. The number of hydrogen-bond donors (Lipinski definition) is 1. The van der Waals surface area contributed by atoms with Crippen molar-refractivity contribution in [1.82, 2.24) is 0 Å². The van der Waals surface area contributed by atoms with Gasteiger partial charge in [0.1, 0.15) is 12.4 Å². The summed E-state index contributed by atoms with van der Waals surface area (Å²) >= 11 is 0. The summed E-state index contributed by atoms with van der Waals surface area (Å²) in [6.45, 7) is 2.66. The van der Waals surface area contributed by atoms with E-state index in [2.05, 4.69) is 31.2 Å². The van der Waals surface area contributed by atoms with Crippen molar-refractivity contribution in [2.75, 3.05) is 0 Å². The van der Waals surface area contributed by atoms with Crippen LogP contribution >= 0.6 is 0 Å². The number of aryl methyl sites for hydroxylation is 2. The molecule has 2 atom stereocenters. The van der Waals surface area contributed by atoms with Crippen LogP contribution in [0.25, 0.3) is 0 Å². The molecule has 0 saturated heterocycles. The Kier molecular flexibility index (Phi) is 4.65. The lowest BCUT2D eigenvalue weighted by Gasteiger charge is -2.10. The van der Waals surface area contributed by atoms with Gasteiger partial charge in [-0.1, -0.05) is 36.4 Å². The first-order chi connectivity index (χ1) is 11.1. The number of carboxylic acid groups (broad SMARTS) is 1. The fourth-order valence-corrected chi connectivity index (χ4v) is 2.99. The molecule has 2 aromatic rings. The van der Waals surface area contributed by atoms with Gasteiger partial charge in [0.05, 0.1) is 5.92 Å². The van der Waals surface area contributed by atoms with E-state index in [0.29, 0.717) is 12.5 Å². The zero-order valence-corrected chi connectivity index (χ0v) is 13.4. The van der Waals surface area contributed by atoms with E-state index in [4.69, 9.17) is 9.84 Å². The van der Waals surface area contributed by atoms with Crippen molar-refractivity contribution in [2.45, 2.75) is 32.8 Å². The fraction of sp³-hybridized carbons (Fsp3) is 0.350. The maximum absolute atomic E-state index is 10.9. The summed E-state index contributed by atoms with van der Waals surface area (Å²) in [4.78, 5) is 10.9. The SMILES string of the molecule is Cc1cc(OCc2ccccc2)ccc1CCC1CC1C(=O)O. The van der Waals surface area contributed by atoms with Crippen molar-refractivity contribution >= 4 is 5.97 Å². The Hall–Kier alpha value is -2.29. The standard InChI is InChI=1S/C20H22O3/c1-14-11-18(23-13-15-5-3-2-4-6-15)10-9-16(14)7-8-17-12-19(17)20(21)22/h2-6,9-11,17,19H,7-8,12-13H2,1H3,(H,21,22). The van der Waals surface area contributed by atoms with Gasteiger partial charge in [-0.15, -0.1) is 0 Å². The Morgan fingerprint density at radius 2 is 2.00 bits per heavy atom. The number of carbonyl (C=O) groups is 1. The molecule has 1 N–H and O–H groups in total. The molecular formula is C20H22O3. The number of rotatable bonds is 7. The predicted molar refractivity (Wildman–Crippen MR) is 89.5 cm³/mol. The maximum atomic E-state index is 10.9. The third kappa shape index (κ3) is 4.13. The van der Waals surface area contributed by atoms with Crippen LogP contribution in [0, 0.1) is 18.8 Å². The van der Waals surface area contributed by atoms with Crippen LogP contribution in [0.3, 0.4) is 0 Å². The van der Waals surface area contributed by atoms with Crippen molar-refractivity contribution in [3.8, 4) is 5.75 Å². The average molecular weight is 310 g/mol. The molecule has 2 aromatic carbocycles. The highest BCUT2D eigenvalue weighted by Crippen LogP contribution is 2.42. The van der Waals surface area contributed by atoms with Crippen molar-refractivity contribution < 1.29 is 14.6 Å². The third-order valence-corrected chi connectivity index (χ3v) is 4.59. The monoisotopic (exact) mass is 310 g/mol. The highest BCUT2D eigenvalue weighted by atomic mass is 16.5. The average Bonchev–Trinajstić information content (AvgIpc) is 3.33. The Balaban J connectivity index is 1.52. The van der Waals surface area contributed by atoms with Gasteiger partial charge in [-0.05, 0) is 60.9 Å². The molecule has 3 heteroatoms. The molecule has 3 rings (SSSR count). The molecule has 0 amide bonds. The smallest absolute Gasteiger partial charge is 0.306 e. The van der Waals surface area contributed by atoms with E-state index in [1.54, 1.807) is 0 Å². The summed E-state index contributed by atoms with van der Waals surface area (Å²) in [6, 6.07) is 16.3. The summed E-state index contributed by atoms with van der Waals surface area (Å²) in [5, 5.41) is 8.95. The van der Waals surface area contributed by atoms with E-state index in [1.165, 1.54) is 11.1 Å². The first-order valence-electron chi connectivity index (χ1n) is 8.12. The molecule has 0 heterocycles. The molecule has 2 unspecified atom stereocenters. The van der Waals surface area contributed by atoms with Crippen molar-refractivity contribution in [3.05, 3.63) is 65.2 Å². The third-order valence-electron chi connectivity index (χ3n) is 4.59. The van der Waals surface area contributed by atoms with Crippen LogP contribution in [0.15, 0.2) is 48.5 Å². The minimum atomic E-state index is -0.642. The minimum absolute atomic E-state index is 0.108. The van der Waals surface area contributed by atoms with Gasteiger partial charge in [0.25, 0.3) is 0 Å². The van der Waals surface area contributed by atoms with E-state index in [9.17, 15) is 4.79 Å². The predicted octanol–water partition coefficient (Wildman–Crippen LogP) is 4.23. The van der Waals surface area contributed by atoms with Gasteiger partial charge >= 0.3 is 5.97 Å². The zero-order valence-electron chi connectivity index (χ0n) is 13.4. The lowest BCUT2D eigenvalue weighted by molar-refractivity contribution is -0.138. The summed E-state index contributed by atoms with van der Waals surface area (Å²) in [5.74, 6) is 0.492. The Morgan fingerprint density at radius 1 is 1.22 bits per heavy atom. The van der Waals surface area contributed by atoms with Crippen LogP contribution in [-0.2, 0) is 17.8 Å². The quantitative estimate of drug-likeness (QED) is 0.832. The van der Waals surface area contributed by atoms with Gasteiger partial charge in [0, 0.05) is 0 Å². The second-order valence-corrected chi connectivity index (χ2v) is 6.34. The second-order valence-electron chi connectivity index (χ2n) is 6.34. The van der Waals surface area contributed by atoms with E-state index >= 15 is 0 Å². The topological polar surface area (TPSA) is 46.5 Å².